The highest BCUT2D eigenvalue weighted by Crippen LogP contribution is 2.43. The largest absolute Gasteiger partial charge is 0.0830 e. The second kappa shape index (κ2) is 3.33. The summed E-state index contributed by atoms with van der Waals surface area (Å²) in [6.07, 6.45) is 10.3. The van der Waals surface area contributed by atoms with Crippen LogP contribution in [-0.2, 0) is 0 Å². The van der Waals surface area contributed by atoms with Crippen molar-refractivity contribution in [1.29, 1.82) is 0 Å². The first-order chi connectivity index (χ1) is 8.34. The van der Waals surface area contributed by atoms with Crippen molar-refractivity contribution >= 4 is 38.9 Å². The topological polar surface area (TPSA) is 0 Å². The summed E-state index contributed by atoms with van der Waals surface area (Å²) >= 11 is 3.66. The summed E-state index contributed by atoms with van der Waals surface area (Å²) < 4.78 is 1.20. The van der Waals surface area contributed by atoms with Crippen molar-refractivity contribution in [3.63, 3.8) is 0 Å². The minimum Gasteiger partial charge on any atom is -0.0830 e. The molecule has 0 fully saturated rings. The van der Waals surface area contributed by atoms with E-state index in [4.69, 9.17) is 0 Å². The van der Waals surface area contributed by atoms with Crippen molar-refractivity contribution < 1.29 is 0 Å². The fourth-order valence-electron chi connectivity index (χ4n) is 3.02. The fourth-order valence-corrected chi connectivity index (χ4v) is 3.48. The van der Waals surface area contributed by atoms with E-state index in [-0.39, 0.29) is 0 Å². The monoisotopic (exact) mass is 282 g/mol. The van der Waals surface area contributed by atoms with Gasteiger partial charge in [0, 0.05) is 10.4 Å². The highest BCUT2D eigenvalue weighted by atomic mass is 79.9. The third-order valence-electron chi connectivity index (χ3n) is 3.80. The molecule has 0 nitrogen and oxygen atoms in total. The van der Waals surface area contributed by atoms with Crippen molar-refractivity contribution in [3.05, 3.63) is 57.6 Å². The molecule has 0 saturated heterocycles. The van der Waals surface area contributed by atoms with Crippen LogP contribution in [-0.4, -0.2) is 0 Å². The molecule has 1 heteroatoms. The Hall–Kier alpha value is -1.34. The third kappa shape index (κ3) is 1.23. The van der Waals surface area contributed by atoms with Crippen LogP contribution in [0, 0.1) is 0 Å². The summed E-state index contributed by atoms with van der Waals surface area (Å²) in [5.74, 6) is 0.570. The molecule has 0 spiro atoms. The first kappa shape index (κ1) is 9.67. The third-order valence-corrected chi connectivity index (χ3v) is 4.49. The Balaban J connectivity index is 2.26. The lowest BCUT2D eigenvalue weighted by molar-refractivity contribution is 0.861. The highest BCUT2D eigenvalue weighted by molar-refractivity contribution is 9.10. The molecule has 1 unspecified atom stereocenters. The molecule has 0 amide bonds. The molecule has 0 aromatic heterocycles. The van der Waals surface area contributed by atoms with Gasteiger partial charge >= 0.3 is 0 Å². The minimum absolute atomic E-state index is 0.570. The Morgan fingerprint density at radius 1 is 1.00 bits per heavy atom. The number of hydrogen-bond acceptors (Lipinski definition) is 0. The van der Waals surface area contributed by atoms with Crippen LogP contribution >= 0.6 is 15.9 Å². The van der Waals surface area contributed by atoms with Crippen LogP contribution in [0.1, 0.15) is 29.0 Å². The number of rotatable bonds is 0. The predicted molar refractivity (Wildman–Crippen MR) is 77.1 cm³/mol. The average molecular weight is 283 g/mol. The van der Waals surface area contributed by atoms with Crippen molar-refractivity contribution in [2.24, 2.45) is 0 Å². The summed E-state index contributed by atoms with van der Waals surface area (Å²) in [5.41, 5.74) is 4.26. The van der Waals surface area contributed by atoms with Gasteiger partial charge in [0.15, 0.2) is 0 Å². The molecule has 0 N–H and O–H groups in total. The molecule has 0 saturated carbocycles. The zero-order valence-corrected chi connectivity index (χ0v) is 10.9. The number of benzene rings is 2. The molecule has 2 aromatic carbocycles. The van der Waals surface area contributed by atoms with Crippen molar-refractivity contribution in [1.82, 2.24) is 0 Å². The van der Waals surface area contributed by atoms with Gasteiger partial charge in [-0.1, -0.05) is 58.4 Å². The van der Waals surface area contributed by atoms with Gasteiger partial charge in [-0.15, -0.1) is 0 Å². The molecule has 1 atom stereocenters. The second-order valence-electron chi connectivity index (χ2n) is 4.73. The Morgan fingerprint density at radius 2 is 1.88 bits per heavy atom. The Bertz CT molecular complexity index is 692. The van der Waals surface area contributed by atoms with Crippen LogP contribution < -0.4 is 0 Å². The first-order valence-corrected chi connectivity index (χ1v) is 6.74. The van der Waals surface area contributed by atoms with E-state index in [1.165, 1.54) is 31.9 Å². The van der Waals surface area contributed by atoms with E-state index >= 15 is 0 Å². The van der Waals surface area contributed by atoms with E-state index in [9.17, 15) is 0 Å². The summed E-state index contributed by atoms with van der Waals surface area (Å²) in [5, 5.41) is 2.78. The van der Waals surface area contributed by atoms with Crippen LogP contribution in [0.4, 0.5) is 0 Å². The zero-order chi connectivity index (χ0) is 11.4. The lowest BCUT2D eigenvalue weighted by Crippen LogP contribution is -2.06. The molecule has 0 aliphatic heterocycles. The van der Waals surface area contributed by atoms with Crippen LogP contribution in [0.25, 0.3) is 22.9 Å². The number of allylic oxidation sites excluding steroid dienone is 2. The quantitative estimate of drug-likeness (QED) is 0.628. The number of halogens is 1. The summed E-state index contributed by atoms with van der Waals surface area (Å²) in [4.78, 5) is 0. The van der Waals surface area contributed by atoms with Gasteiger partial charge < -0.3 is 0 Å². The number of hydrogen-bond donors (Lipinski definition) is 0. The van der Waals surface area contributed by atoms with Gasteiger partial charge in [-0.3, -0.25) is 0 Å². The smallest absolute Gasteiger partial charge is 0.0254 e. The SMILES string of the molecule is Brc1ccc2c3c4c(ccc13)C=CCC4C=C2. The molecule has 82 valence electrons. The van der Waals surface area contributed by atoms with Gasteiger partial charge in [0.25, 0.3) is 0 Å². The van der Waals surface area contributed by atoms with Crippen molar-refractivity contribution in [2.75, 3.05) is 0 Å². The van der Waals surface area contributed by atoms with E-state index in [1.54, 1.807) is 0 Å². The Kier molecular flexibility index (Phi) is 1.89. The van der Waals surface area contributed by atoms with Gasteiger partial charge in [0.05, 0.1) is 0 Å². The maximum atomic E-state index is 3.66. The summed E-state index contributed by atoms with van der Waals surface area (Å²) in [6, 6.07) is 8.83. The van der Waals surface area contributed by atoms with Gasteiger partial charge in [-0.2, -0.15) is 0 Å². The van der Waals surface area contributed by atoms with Crippen molar-refractivity contribution in [3.8, 4) is 0 Å². The first-order valence-electron chi connectivity index (χ1n) is 5.94. The Morgan fingerprint density at radius 3 is 2.82 bits per heavy atom. The summed E-state index contributed by atoms with van der Waals surface area (Å²) in [6.45, 7) is 0. The lowest BCUT2D eigenvalue weighted by Gasteiger charge is -2.25. The minimum atomic E-state index is 0.570. The molecule has 0 heterocycles. The van der Waals surface area contributed by atoms with E-state index in [1.807, 2.05) is 0 Å². The molecule has 2 aromatic rings. The molecule has 2 aliphatic rings. The van der Waals surface area contributed by atoms with Gasteiger partial charge in [0.1, 0.15) is 0 Å². The lowest BCUT2D eigenvalue weighted by atomic mass is 9.79. The molecule has 0 radical (unpaired) electrons. The molecule has 2 aliphatic carbocycles. The van der Waals surface area contributed by atoms with Crippen LogP contribution in [0.5, 0.6) is 0 Å². The van der Waals surface area contributed by atoms with E-state index in [0.29, 0.717) is 5.92 Å². The fraction of sp³-hybridized carbons (Fsp3) is 0.125. The maximum Gasteiger partial charge on any atom is 0.0254 e. The highest BCUT2D eigenvalue weighted by Gasteiger charge is 2.22. The average Bonchev–Trinajstić information content (AvgIpc) is 2.38. The second-order valence-corrected chi connectivity index (χ2v) is 5.59. The normalized spacial score (nSPS) is 19.9. The van der Waals surface area contributed by atoms with Crippen LogP contribution in [0.3, 0.4) is 0 Å². The van der Waals surface area contributed by atoms with Crippen molar-refractivity contribution in [2.45, 2.75) is 12.3 Å². The molecule has 17 heavy (non-hydrogen) atoms. The van der Waals surface area contributed by atoms with Gasteiger partial charge in [-0.25, -0.2) is 0 Å². The summed E-state index contributed by atoms with van der Waals surface area (Å²) in [7, 11) is 0. The van der Waals surface area contributed by atoms with Gasteiger partial charge in [-0.05, 0) is 39.9 Å². The predicted octanol–water partition coefficient (Wildman–Crippen LogP) is 5.13. The molecular formula is C16H11Br. The van der Waals surface area contributed by atoms with Gasteiger partial charge in [0.2, 0.25) is 0 Å². The molecule has 4 rings (SSSR count). The van der Waals surface area contributed by atoms with E-state index < -0.39 is 0 Å². The molecule has 0 bridgehead atoms. The molecular weight excluding hydrogens is 272 g/mol. The van der Waals surface area contributed by atoms with E-state index in [0.717, 1.165) is 6.42 Å². The standard InChI is InChI=1S/C16H11Br/c17-14-9-7-12-5-4-10-2-1-3-11-6-8-13(14)16(12)15(10)11/h1,3-10H,2H2. The van der Waals surface area contributed by atoms with E-state index in [2.05, 4.69) is 64.5 Å². The maximum absolute atomic E-state index is 3.66. The zero-order valence-electron chi connectivity index (χ0n) is 9.28. The van der Waals surface area contributed by atoms with Crippen LogP contribution in [0.2, 0.25) is 0 Å². The van der Waals surface area contributed by atoms with Crippen LogP contribution in [0.15, 0.2) is 40.9 Å². The Labute approximate surface area is 109 Å².